The Labute approximate surface area is 442 Å². The number of benzene rings is 8. The quantitative estimate of drug-likeness (QED) is 0.154. The van der Waals surface area contributed by atoms with Gasteiger partial charge in [0.25, 0.3) is 6.71 Å². The van der Waals surface area contributed by atoms with E-state index < -0.39 is 0 Å². The predicted octanol–water partition coefficient (Wildman–Crippen LogP) is 17.1. The normalized spacial score (nSPS) is 19.0. The summed E-state index contributed by atoms with van der Waals surface area (Å²) in [6.45, 7) is 31.9. The van der Waals surface area contributed by atoms with Crippen LogP contribution in [0.2, 0.25) is 0 Å². The highest BCUT2D eigenvalue weighted by molar-refractivity contribution is 7.00. The van der Waals surface area contributed by atoms with E-state index >= 15 is 0 Å². The monoisotopic (exact) mass is 966 g/mol. The van der Waals surface area contributed by atoms with Crippen LogP contribution in [-0.4, -0.2) is 6.71 Å². The van der Waals surface area contributed by atoms with Crippen LogP contribution in [0.1, 0.15) is 141 Å². The van der Waals surface area contributed by atoms with E-state index in [0.29, 0.717) is 0 Å². The predicted molar refractivity (Wildman–Crippen MR) is 317 cm³/mol. The highest BCUT2D eigenvalue weighted by Crippen LogP contribution is 2.57. The van der Waals surface area contributed by atoms with Crippen LogP contribution in [0.25, 0.3) is 11.1 Å². The Morgan fingerprint density at radius 1 is 0.351 bits per heavy atom. The molecule has 0 saturated heterocycles. The first-order valence-corrected chi connectivity index (χ1v) is 27.4. The van der Waals surface area contributed by atoms with Crippen molar-refractivity contribution in [2.75, 3.05) is 14.7 Å². The molecule has 0 N–H and O–H groups in total. The van der Waals surface area contributed by atoms with Gasteiger partial charge in [-0.1, -0.05) is 180 Å². The third-order valence-electron chi connectivity index (χ3n) is 18.5. The maximum absolute atomic E-state index is 2.70. The van der Waals surface area contributed by atoms with Gasteiger partial charge < -0.3 is 14.7 Å². The van der Waals surface area contributed by atoms with Gasteiger partial charge in [0.2, 0.25) is 0 Å². The SMILES string of the molecule is Cc1cc2c(cc1N1c3cc(-c4ccccc4)ccc3B3c4cc5c(cc4N(c4ccc6c(c4)C(C)(C)CC6(C)C)c4cc(N(c6ccccc6)c6ccccc6)cc1c43)C(C)(C)CC5(C)C)C(C)(C)CC2(C)C. The summed E-state index contributed by atoms with van der Waals surface area (Å²) < 4.78 is 0. The minimum absolute atomic E-state index is 0.00742. The molecule has 13 rings (SSSR count). The number of anilines is 9. The van der Waals surface area contributed by atoms with Crippen molar-refractivity contribution in [2.45, 2.75) is 142 Å². The zero-order valence-corrected chi connectivity index (χ0v) is 46.1. The zero-order chi connectivity index (χ0) is 51.6. The summed E-state index contributed by atoms with van der Waals surface area (Å²) in [7, 11) is 0. The Kier molecular flexibility index (Phi) is 9.93. The number of para-hydroxylation sites is 2. The van der Waals surface area contributed by atoms with Crippen LogP contribution < -0.4 is 31.1 Å². The molecule has 74 heavy (non-hydrogen) atoms. The lowest BCUT2D eigenvalue weighted by atomic mass is 9.33. The summed E-state index contributed by atoms with van der Waals surface area (Å²) in [6, 6.07) is 63.5. The van der Waals surface area contributed by atoms with Gasteiger partial charge in [-0.25, -0.2) is 0 Å². The Morgan fingerprint density at radius 2 is 0.811 bits per heavy atom. The second kappa shape index (κ2) is 15.6. The molecule has 0 atom stereocenters. The van der Waals surface area contributed by atoms with Crippen molar-refractivity contribution >= 4 is 74.3 Å². The molecule has 0 radical (unpaired) electrons. The fraction of sp³-hybridized carbons (Fsp3) is 0.314. The Hall–Kier alpha value is -6.78. The molecular formula is C70H72BN3. The standard InChI is InChI=1S/C70H72BN3/c1-44-33-52-55(69(10,11)42-66(52,4)5)39-59(44)74-60-34-46(45-23-17-14-18-24-45)29-32-57(60)71-58-38-54-56(70(12,13)43-68(54,8)9)40-61(58)73(49-30-31-51-53(35-49)67(6,7)41-65(51,2)3)62-36-50(37-63(74)64(62)71)72(47-25-19-15-20-26-47)48-27-21-16-22-28-48/h14-40H,41-43H2,1-13H3. The number of hydrogen-bond acceptors (Lipinski definition) is 3. The summed E-state index contributed by atoms with van der Waals surface area (Å²) in [5.41, 5.74) is 27.8. The number of fused-ring (bicyclic) bond motifs is 7. The Balaban J connectivity index is 1.19. The number of hydrogen-bond donors (Lipinski definition) is 0. The van der Waals surface area contributed by atoms with Crippen LogP contribution in [0, 0.1) is 6.92 Å². The average Bonchev–Trinajstić information content (AvgIpc) is 3.82. The minimum atomic E-state index is -0.0296. The lowest BCUT2D eigenvalue weighted by molar-refractivity contribution is 0.402. The molecule has 0 unspecified atom stereocenters. The lowest BCUT2D eigenvalue weighted by Crippen LogP contribution is -2.61. The topological polar surface area (TPSA) is 9.72 Å². The van der Waals surface area contributed by atoms with Gasteiger partial charge in [-0.05, 0) is 192 Å². The first kappa shape index (κ1) is 47.0. The number of rotatable bonds is 6. The summed E-state index contributed by atoms with van der Waals surface area (Å²) in [4.78, 5) is 7.88. The van der Waals surface area contributed by atoms with Crippen molar-refractivity contribution in [1.82, 2.24) is 0 Å². The molecule has 8 aromatic rings. The molecular weight excluding hydrogens is 894 g/mol. The number of aryl methyl sites for hydroxylation is 1. The van der Waals surface area contributed by atoms with Crippen molar-refractivity contribution in [3.05, 3.63) is 203 Å². The summed E-state index contributed by atoms with van der Waals surface area (Å²) in [5.74, 6) is 0. The van der Waals surface area contributed by atoms with Crippen molar-refractivity contribution in [2.24, 2.45) is 0 Å². The highest BCUT2D eigenvalue weighted by Gasteiger charge is 2.50. The summed E-state index contributed by atoms with van der Waals surface area (Å²) >= 11 is 0. The van der Waals surface area contributed by atoms with E-state index in [0.717, 1.165) is 36.3 Å². The van der Waals surface area contributed by atoms with E-state index in [2.05, 4.69) is 269 Å². The molecule has 3 aliphatic carbocycles. The second-order valence-electron chi connectivity index (χ2n) is 26.9. The van der Waals surface area contributed by atoms with Crippen LogP contribution in [0.5, 0.6) is 0 Å². The lowest BCUT2D eigenvalue weighted by Gasteiger charge is -2.46. The van der Waals surface area contributed by atoms with Gasteiger partial charge in [0, 0.05) is 45.5 Å². The largest absolute Gasteiger partial charge is 0.311 e. The van der Waals surface area contributed by atoms with Gasteiger partial charge in [-0.3, -0.25) is 0 Å². The maximum atomic E-state index is 2.70. The molecule has 0 fully saturated rings. The van der Waals surface area contributed by atoms with E-state index in [4.69, 9.17) is 0 Å². The third-order valence-corrected chi connectivity index (χ3v) is 18.5. The van der Waals surface area contributed by atoms with Crippen molar-refractivity contribution in [3.63, 3.8) is 0 Å². The van der Waals surface area contributed by atoms with Crippen molar-refractivity contribution in [1.29, 1.82) is 0 Å². The molecule has 8 aromatic carbocycles. The van der Waals surface area contributed by atoms with Crippen LogP contribution in [0.3, 0.4) is 0 Å². The molecule has 0 saturated carbocycles. The van der Waals surface area contributed by atoms with Crippen molar-refractivity contribution in [3.8, 4) is 11.1 Å². The van der Waals surface area contributed by atoms with Gasteiger partial charge in [-0.2, -0.15) is 0 Å². The smallest absolute Gasteiger partial charge is 0.252 e. The highest BCUT2D eigenvalue weighted by atomic mass is 15.2. The molecule has 0 spiro atoms. The van der Waals surface area contributed by atoms with E-state index in [1.54, 1.807) is 0 Å². The fourth-order valence-corrected chi connectivity index (χ4v) is 16.0. The number of nitrogens with zero attached hydrogens (tertiary/aromatic N) is 3. The fourth-order valence-electron chi connectivity index (χ4n) is 16.0. The van der Waals surface area contributed by atoms with Crippen LogP contribution in [-0.2, 0) is 32.5 Å². The van der Waals surface area contributed by atoms with Crippen molar-refractivity contribution < 1.29 is 0 Å². The van der Waals surface area contributed by atoms with Gasteiger partial charge in [-0.15, -0.1) is 0 Å². The molecule has 2 aliphatic heterocycles. The van der Waals surface area contributed by atoms with Crippen LogP contribution in [0.4, 0.5) is 51.2 Å². The summed E-state index contributed by atoms with van der Waals surface area (Å²) in [6.07, 6.45) is 3.33. The minimum Gasteiger partial charge on any atom is -0.311 e. The molecule has 4 heteroatoms. The second-order valence-corrected chi connectivity index (χ2v) is 26.9. The van der Waals surface area contributed by atoms with Gasteiger partial charge >= 0.3 is 0 Å². The average molecular weight is 966 g/mol. The molecule has 0 bridgehead atoms. The van der Waals surface area contributed by atoms with Gasteiger partial charge in [0.1, 0.15) is 0 Å². The molecule has 5 aliphatic rings. The van der Waals surface area contributed by atoms with E-state index in [9.17, 15) is 0 Å². The first-order valence-electron chi connectivity index (χ1n) is 27.4. The molecule has 370 valence electrons. The van der Waals surface area contributed by atoms with Gasteiger partial charge in [0.15, 0.2) is 0 Å². The molecule has 0 aromatic heterocycles. The molecule has 3 nitrogen and oxygen atoms in total. The summed E-state index contributed by atoms with van der Waals surface area (Å²) in [5, 5.41) is 0. The third kappa shape index (κ3) is 6.92. The van der Waals surface area contributed by atoms with E-state index in [-0.39, 0.29) is 39.2 Å². The Bertz CT molecular complexity index is 3580. The first-order chi connectivity index (χ1) is 35.0. The zero-order valence-electron chi connectivity index (χ0n) is 46.1. The van der Waals surface area contributed by atoms with Gasteiger partial charge in [0.05, 0.1) is 5.69 Å². The van der Waals surface area contributed by atoms with Crippen LogP contribution >= 0.6 is 0 Å². The maximum Gasteiger partial charge on any atom is 0.252 e. The molecule has 2 heterocycles. The van der Waals surface area contributed by atoms with E-state index in [1.165, 1.54) is 101 Å². The van der Waals surface area contributed by atoms with E-state index in [1.807, 2.05) is 0 Å². The molecule has 0 amide bonds. The van der Waals surface area contributed by atoms with Crippen LogP contribution in [0.15, 0.2) is 164 Å². The Morgan fingerprint density at radius 3 is 1.38 bits per heavy atom.